The number of carbonyl (C=O) groups excluding carboxylic acids is 1. The zero-order chi connectivity index (χ0) is 26.2. The second kappa shape index (κ2) is 9.89. The summed E-state index contributed by atoms with van der Waals surface area (Å²) in [5.41, 5.74) is 3.72. The van der Waals surface area contributed by atoms with Crippen LogP contribution in [0.2, 0.25) is 0 Å². The molecule has 37 heavy (non-hydrogen) atoms. The Bertz CT molecular complexity index is 1450. The van der Waals surface area contributed by atoms with Crippen LogP contribution in [-0.4, -0.2) is 71.7 Å². The number of fused-ring (bicyclic) bond motifs is 1. The third kappa shape index (κ3) is 5.04. The van der Waals surface area contributed by atoms with Crippen molar-refractivity contribution in [2.24, 2.45) is 0 Å². The smallest absolute Gasteiger partial charge is 0.291 e. The van der Waals surface area contributed by atoms with Crippen LogP contribution in [0.5, 0.6) is 0 Å². The number of anilines is 2. The first kappa shape index (κ1) is 24.8. The molecular formula is C26H28FN6O3S+. The predicted octanol–water partition coefficient (Wildman–Crippen LogP) is 2.81. The highest BCUT2D eigenvalue weighted by molar-refractivity contribution is 7.92. The molecule has 0 aliphatic carbocycles. The normalized spacial score (nSPS) is 16.5. The Morgan fingerprint density at radius 3 is 2.49 bits per heavy atom. The van der Waals surface area contributed by atoms with Crippen molar-refractivity contribution >= 4 is 38.8 Å². The minimum atomic E-state index is -3.77. The number of carbonyl (C=O) groups is 1. The number of nitrogens with one attached hydrogen (secondary N) is 1. The highest BCUT2D eigenvalue weighted by Gasteiger charge is 2.38. The SMILES string of the molecule is CC1=[N+](C(C)C(=O)N2CCN(c3ccc(S(=O)(=O)Nc4ccncn4)cc3)CC2)c2ccc(F)cc2C1. The van der Waals surface area contributed by atoms with Crippen LogP contribution in [-0.2, 0) is 21.2 Å². The number of hydrogen-bond donors (Lipinski definition) is 1. The third-order valence-electron chi connectivity index (χ3n) is 6.83. The number of nitrogens with zero attached hydrogens (tertiary/aromatic N) is 5. The van der Waals surface area contributed by atoms with Gasteiger partial charge in [-0.2, -0.15) is 4.58 Å². The van der Waals surface area contributed by atoms with E-state index in [4.69, 9.17) is 0 Å². The van der Waals surface area contributed by atoms with E-state index in [9.17, 15) is 17.6 Å². The lowest BCUT2D eigenvalue weighted by atomic mass is 10.1. The molecule has 0 radical (unpaired) electrons. The molecule has 2 aliphatic heterocycles. The Labute approximate surface area is 215 Å². The van der Waals surface area contributed by atoms with Crippen molar-refractivity contribution in [1.29, 1.82) is 0 Å². The highest BCUT2D eigenvalue weighted by atomic mass is 32.2. The molecule has 1 aromatic heterocycles. The number of halogens is 1. The monoisotopic (exact) mass is 523 g/mol. The van der Waals surface area contributed by atoms with Crippen LogP contribution in [0.1, 0.15) is 19.4 Å². The molecule has 3 heterocycles. The molecule has 0 spiro atoms. The van der Waals surface area contributed by atoms with Gasteiger partial charge in [0.1, 0.15) is 18.0 Å². The Hall–Kier alpha value is -3.86. The van der Waals surface area contributed by atoms with Crippen LogP contribution in [0.4, 0.5) is 21.6 Å². The van der Waals surface area contributed by atoms with Crippen molar-refractivity contribution in [1.82, 2.24) is 14.9 Å². The van der Waals surface area contributed by atoms with E-state index in [1.165, 1.54) is 30.7 Å². The van der Waals surface area contributed by atoms with E-state index in [2.05, 4.69) is 19.6 Å². The first-order valence-electron chi connectivity index (χ1n) is 12.1. The van der Waals surface area contributed by atoms with Gasteiger partial charge >= 0.3 is 0 Å². The molecule has 3 aromatic rings. The van der Waals surface area contributed by atoms with Crippen LogP contribution in [0.25, 0.3) is 0 Å². The Morgan fingerprint density at radius 2 is 1.81 bits per heavy atom. The lowest BCUT2D eigenvalue weighted by molar-refractivity contribution is -0.465. The van der Waals surface area contributed by atoms with Crippen molar-refractivity contribution in [3.63, 3.8) is 0 Å². The summed E-state index contributed by atoms with van der Waals surface area (Å²) in [5.74, 6) is -0.0315. The Morgan fingerprint density at radius 1 is 1.08 bits per heavy atom. The zero-order valence-corrected chi connectivity index (χ0v) is 21.4. The third-order valence-corrected chi connectivity index (χ3v) is 8.20. The highest BCUT2D eigenvalue weighted by Crippen LogP contribution is 2.29. The van der Waals surface area contributed by atoms with Crippen molar-refractivity contribution in [3.05, 3.63) is 72.4 Å². The molecule has 2 aliphatic rings. The molecule has 1 amide bonds. The summed E-state index contributed by atoms with van der Waals surface area (Å²) in [6.07, 6.45) is 3.37. The first-order valence-corrected chi connectivity index (χ1v) is 13.5. The summed E-state index contributed by atoms with van der Waals surface area (Å²) >= 11 is 0. The van der Waals surface area contributed by atoms with Crippen LogP contribution < -0.4 is 9.62 Å². The van der Waals surface area contributed by atoms with Crippen LogP contribution in [0.3, 0.4) is 0 Å². The van der Waals surface area contributed by atoms with Gasteiger partial charge in [-0.1, -0.05) is 0 Å². The number of benzene rings is 2. The number of sulfonamides is 1. The topological polar surface area (TPSA) is 98.5 Å². The molecule has 2 aromatic carbocycles. The summed E-state index contributed by atoms with van der Waals surface area (Å²) in [6, 6.07) is 12.5. The van der Waals surface area contributed by atoms with Gasteiger partial charge < -0.3 is 9.80 Å². The molecule has 1 atom stereocenters. The quantitative estimate of drug-likeness (QED) is 0.499. The first-order chi connectivity index (χ1) is 17.7. The lowest BCUT2D eigenvalue weighted by Gasteiger charge is -2.36. The fourth-order valence-corrected chi connectivity index (χ4v) is 5.99. The summed E-state index contributed by atoms with van der Waals surface area (Å²) in [6.45, 7) is 6.25. The van der Waals surface area contributed by atoms with Crippen molar-refractivity contribution < 1.29 is 22.2 Å². The lowest BCUT2D eigenvalue weighted by Crippen LogP contribution is -2.52. The number of piperazine rings is 1. The van der Waals surface area contributed by atoms with Gasteiger partial charge in [-0.25, -0.2) is 22.8 Å². The van der Waals surface area contributed by atoms with Crippen LogP contribution in [0, 0.1) is 5.82 Å². The second-order valence-electron chi connectivity index (χ2n) is 9.24. The number of amides is 1. The van der Waals surface area contributed by atoms with Gasteiger partial charge in [0.25, 0.3) is 15.9 Å². The molecule has 1 saturated heterocycles. The maximum atomic E-state index is 13.7. The van der Waals surface area contributed by atoms with Crippen molar-refractivity contribution in [2.75, 3.05) is 35.8 Å². The van der Waals surface area contributed by atoms with Gasteiger partial charge in [0, 0.05) is 63.5 Å². The molecule has 0 saturated carbocycles. The van der Waals surface area contributed by atoms with Gasteiger partial charge in [0.15, 0.2) is 5.71 Å². The van der Waals surface area contributed by atoms with Gasteiger partial charge in [0.2, 0.25) is 11.7 Å². The Kier molecular flexibility index (Phi) is 6.63. The van der Waals surface area contributed by atoms with E-state index in [0.29, 0.717) is 32.6 Å². The van der Waals surface area contributed by atoms with Crippen molar-refractivity contribution in [3.8, 4) is 0 Å². The molecule has 0 bridgehead atoms. The molecular weight excluding hydrogens is 495 g/mol. The fraction of sp³-hybridized carbons (Fsp3) is 0.308. The molecule has 192 valence electrons. The van der Waals surface area contributed by atoms with E-state index >= 15 is 0 Å². The average Bonchev–Trinajstić information content (AvgIpc) is 3.23. The molecule has 5 rings (SSSR count). The molecule has 11 heteroatoms. The van der Waals surface area contributed by atoms with E-state index < -0.39 is 10.0 Å². The van der Waals surface area contributed by atoms with E-state index in [1.807, 2.05) is 23.3 Å². The molecule has 1 unspecified atom stereocenters. The second-order valence-corrected chi connectivity index (χ2v) is 10.9. The summed E-state index contributed by atoms with van der Waals surface area (Å²) < 4.78 is 43.4. The maximum absolute atomic E-state index is 13.7. The number of aromatic nitrogens is 2. The van der Waals surface area contributed by atoms with Crippen molar-refractivity contribution in [2.45, 2.75) is 31.2 Å². The summed E-state index contributed by atoms with van der Waals surface area (Å²) in [4.78, 5) is 25.2. The molecule has 1 N–H and O–H groups in total. The Balaban J connectivity index is 1.21. The van der Waals surface area contributed by atoms with Crippen LogP contribution >= 0.6 is 0 Å². The van der Waals surface area contributed by atoms with E-state index in [0.717, 1.165) is 22.6 Å². The van der Waals surface area contributed by atoms with Gasteiger partial charge in [-0.3, -0.25) is 9.52 Å². The van der Waals surface area contributed by atoms with Gasteiger partial charge in [-0.05, 0) is 42.5 Å². The average molecular weight is 524 g/mol. The van der Waals surface area contributed by atoms with Gasteiger partial charge in [0.05, 0.1) is 11.3 Å². The van der Waals surface area contributed by atoms with E-state index in [-0.39, 0.29) is 28.5 Å². The van der Waals surface area contributed by atoms with E-state index in [1.54, 1.807) is 30.3 Å². The molecule has 9 nitrogen and oxygen atoms in total. The van der Waals surface area contributed by atoms with Crippen LogP contribution in [0.15, 0.2) is 66.0 Å². The number of hydrogen-bond acceptors (Lipinski definition) is 6. The summed E-state index contributed by atoms with van der Waals surface area (Å²) in [5, 5.41) is 0. The maximum Gasteiger partial charge on any atom is 0.291 e. The fourth-order valence-electron chi connectivity index (χ4n) is 4.98. The largest absolute Gasteiger partial charge is 0.368 e. The minimum absolute atomic E-state index is 0.0356. The van der Waals surface area contributed by atoms with Gasteiger partial charge in [-0.15, -0.1) is 0 Å². The zero-order valence-electron chi connectivity index (χ0n) is 20.6. The molecule has 1 fully saturated rings. The summed E-state index contributed by atoms with van der Waals surface area (Å²) in [7, 11) is -3.77. The number of rotatable bonds is 6. The minimum Gasteiger partial charge on any atom is -0.368 e. The standard InChI is InChI=1S/C26H28FN6O3S/c1-18-15-20-16-21(27)3-8-24(20)33(18)19(2)26(34)32-13-11-31(12-14-32)22-4-6-23(7-5-22)37(35,36)30-25-9-10-28-17-29-25/h3-10,16-17,19H,11-15H2,1-2H3,(H,28,29,30)/q+1. The predicted molar refractivity (Wildman–Crippen MR) is 138 cm³/mol.